The van der Waals surface area contributed by atoms with Gasteiger partial charge in [-0.25, -0.2) is 4.39 Å². The highest BCUT2D eigenvalue weighted by Crippen LogP contribution is 2.16. The van der Waals surface area contributed by atoms with Crippen LogP contribution in [0.5, 0.6) is 0 Å². The summed E-state index contributed by atoms with van der Waals surface area (Å²) in [5.41, 5.74) is 1.70. The molecule has 2 rings (SSSR count). The molecule has 1 amide bonds. The van der Waals surface area contributed by atoms with E-state index in [1.165, 1.54) is 12.1 Å². The molecule has 0 aliphatic carbocycles. The molecule has 0 fully saturated rings. The quantitative estimate of drug-likeness (QED) is 0.936. The van der Waals surface area contributed by atoms with Gasteiger partial charge in [0, 0.05) is 12.1 Å². The van der Waals surface area contributed by atoms with Gasteiger partial charge in [0.25, 0.3) is 5.91 Å². The van der Waals surface area contributed by atoms with Crippen molar-refractivity contribution in [3.05, 3.63) is 69.4 Å². The van der Waals surface area contributed by atoms with Crippen LogP contribution in [-0.4, -0.2) is 5.91 Å². The molecule has 0 saturated carbocycles. The third kappa shape index (κ3) is 3.43. The van der Waals surface area contributed by atoms with E-state index in [4.69, 9.17) is 5.26 Å². The number of carbonyl (C=O) groups excluding carboxylic acids is 1. The fourth-order valence-electron chi connectivity index (χ4n) is 1.62. The summed E-state index contributed by atoms with van der Waals surface area (Å²) < 4.78 is 13.6. The maximum atomic E-state index is 13.3. The van der Waals surface area contributed by atoms with E-state index in [9.17, 15) is 9.18 Å². The predicted octanol–water partition coefficient (Wildman–Crippen LogP) is 3.39. The van der Waals surface area contributed by atoms with Gasteiger partial charge in [-0.05, 0) is 51.8 Å². The zero-order valence-electron chi connectivity index (χ0n) is 10.4. The van der Waals surface area contributed by atoms with Crippen LogP contribution in [0.25, 0.3) is 0 Å². The van der Waals surface area contributed by atoms with Crippen molar-refractivity contribution in [3.63, 3.8) is 0 Å². The van der Waals surface area contributed by atoms with Gasteiger partial charge in [0.05, 0.1) is 16.1 Å². The molecular weight excluding hydrogens is 323 g/mol. The average Bonchev–Trinajstić information content (AvgIpc) is 2.48. The number of carbonyl (C=O) groups is 1. The Balaban J connectivity index is 2.01. The maximum absolute atomic E-state index is 13.3. The molecular formula is C15H10BrFN2O. The molecule has 2 aromatic carbocycles. The van der Waals surface area contributed by atoms with Crippen LogP contribution < -0.4 is 5.32 Å². The molecule has 5 heteroatoms. The molecule has 2 aromatic rings. The molecule has 0 radical (unpaired) electrons. The molecule has 0 bridgehead atoms. The Kier molecular flexibility index (Phi) is 4.49. The standard InChI is InChI=1S/C15H10BrFN2O/c16-13-6-5-12(7-14(13)17)15(20)19-9-11-3-1-10(8-18)2-4-11/h1-7H,9H2,(H,19,20). The van der Waals surface area contributed by atoms with Crippen molar-refractivity contribution in [2.24, 2.45) is 0 Å². The minimum absolute atomic E-state index is 0.263. The molecule has 0 aliphatic rings. The van der Waals surface area contributed by atoms with E-state index in [0.717, 1.165) is 5.56 Å². The first-order valence-electron chi connectivity index (χ1n) is 5.82. The fraction of sp³-hybridized carbons (Fsp3) is 0.0667. The minimum Gasteiger partial charge on any atom is -0.348 e. The van der Waals surface area contributed by atoms with Crippen molar-refractivity contribution >= 4 is 21.8 Å². The second-order valence-corrected chi connectivity index (χ2v) is 4.97. The largest absolute Gasteiger partial charge is 0.348 e. The summed E-state index contributed by atoms with van der Waals surface area (Å²) in [6.45, 7) is 0.322. The van der Waals surface area contributed by atoms with Gasteiger partial charge in [-0.15, -0.1) is 0 Å². The summed E-state index contributed by atoms with van der Waals surface area (Å²) in [5.74, 6) is -0.822. The predicted molar refractivity (Wildman–Crippen MR) is 76.4 cm³/mol. The van der Waals surface area contributed by atoms with Crippen LogP contribution in [0.4, 0.5) is 4.39 Å². The van der Waals surface area contributed by atoms with Crippen LogP contribution in [0.15, 0.2) is 46.9 Å². The van der Waals surface area contributed by atoms with Crippen LogP contribution >= 0.6 is 15.9 Å². The van der Waals surface area contributed by atoms with E-state index >= 15 is 0 Å². The number of nitrogens with zero attached hydrogens (tertiary/aromatic N) is 1. The molecule has 3 nitrogen and oxygen atoms in total. The van der Waals surface area contributed by atoms with E-state index in [0.29, 0.717) is 16.6 Å². The van der Waals surface area contributed by atoms with E-state index in [1.807, 2.05) is 6.07 Å². The highest BCUT2D eigenvalue weighted by atomic mass is 79.9. The summed E-state index contributed by atoms with van der Waals surface area (Å²) in [5, 5.41) is 11.4. The Bertz CT molecular complexity index is 677. The summed E-state index contributed by atoms with van der Waals surface area (Å²) in [7, 11) is 0. The number of amides is 1. The summed E-state index contributed by atoms with van der Waals surface area (Å²) in [6.07, 6.45) is 0. The number of hydrogen-bond donors (Lipinski definition) is 1. The van der Waals surface area contributed by atoms with Gasteiger partial charge in [0.2, 0.25) is 0 Å². The fourth-order valence-corrected chi connectivity index (χ4v) is 1.87. The second-order valence-electron chi connectivity index (χ2n) is 4.12. The second kappa shape index (κ2) is 6.31. The maximum Gasteiger partial charge on any atom is 0.251 e. The molecule has 20 heavy (non-hydrogen) atoms. The van der Waals surface area contributed by atoms with E-state index in [2.05, 4.69) is 21.2 Å². The van der Waals surface area contributed by atoms with E-state index < -0.39 is 5.82 Å². The van der Waals surface area contributed by atoms with Gasteiger partial charge in [-0.2, -0.15) is 5.26 Å². The van der Waals surface area contributed by atoms with E-state index in [1.54, 1.807) is 30.3 Å². The smallest absolute Gasteiger partial charge is 0.251 e. The van der Waals surface area contributed by atoms with Gasteiger partial charge in [0.1, 0.15) is 5.82 Å². The zero-order chi connectivity index (χ0) is 14.5. The summed E-state index contributed by atoms with van der Waals surface area (Å²) in [4.78, 5) is 11.9. The number of nitriles is 1. The monoisotopic (exact) mass is 332 g/mol. The lowest BCUT2D eigenvalue weighted by molar-refractivity contribution is 0.0950. The van der Waals surface area contributed by atoms with Crippen molar-refractivity contribution in [2.75, 3.05) is 0 Å². The summed E-state index contributed by atoms with van der Waals surface area (Å²) >= 11 is 3.03. The molecule has 100 valence electrons. The minimum atomic E-state index is -0.476. The van der Waals surface area contributed by atoms with Crippen molar-refractivity contribution < 1.29 is 9.18 Å². The Morgan fingerprint density at radius 3 is 2.55 bits per heavy atom. The Morgan fingerprint density at radius 1 is 1.25 bits per heavy atom. The van der Waals surface area contributed by atoms with Gasteiger partial charge >= 0.3 is 0 Å². The SMILES string of the molecule is N#Cc1ccc(CNC(=O)c2ccc(Br)c(F)c2)cc1. The van der Waals surface area contributed by atoms with Gasteiger partial charge < -0.3 is 5.32 Å². The lowest BCUT2D eigenvalue weighted by atomic mass is 10.1. The molecule has 0 saturated heterocycles. The Labute approximate surface area is 124 Å². The van der Waals surface area contributed by atoms with Gasteiger partial charge in [-0.3, -0.25) is 4.79 Å². The summed E-state index contributed by atoms with van der Waals surface area (Å²) in [6, 6.07) is 13.1. The highest BCUT2D eigenvalue weighted by Gasteiger charge is 2.08. The number of nitrogens with one attached hydrogen (secondary N) is 1. The molecule has 0 atom stereocenters. The number of benzene rings is 2. The first-order chi connectivity index (χ1) is 9.60. The first kappa shape index (κ1) is 14.2. The lowest BCUT2D eigenvalue weighted by Gasteiger charge is -2.06. The van der Waals surface area contributed by atoms with Crippen LogP contribution in [-0.2, 0) is 6.54 Å². The molecule has 0 aromatic heterocycles. The number of halogens is 2. The highest BCUT2D eigenvalue weighted by molar-refractivity contribution is 9.10. The molecule has 0 aliphatic heterocycles. The van der Waals surface area contributed by atoms with Crippen LogP contribution in [0.2, 0.25) is 0 Å². The van der Waals surface area contributed by atoms with Crippen LogP contribution in [0.1, 0.15) is 21.5 Å². The number of hydrogen-bond acceptors (Lipinski definition) is 2. The number of rotatable bonds is 3. The Hall–Kier alpha value is -2.19. The normalized spacial score (nSPS) is 9.85. The van der Waals surface area contributed by atoms with E-state index in [-0.39, 0.29) is 11.5 Å². The van der Waals surface area contributed by atoms with Crippen molar-refractivity contribution in [1.82, 2.24) is 5.32 Å². The van der Waals surface area contributed by atoms with Crippen LogP contribution in [0.3, 0.4) is 0 Å². The molecule has 0 spiro atoms. The van der Waals surface area contributed by atoms with Gasteiger partial charge in [-0.1, -0.05) is 12.1 Å². The average molecular weight is 333 g/mol. The topological polar surface area (TPSA) is 52.9 Å². The lowest BCUT2D eigenvalue weighted by Crippen LogP contribution is -2.22. The van der Waals surface area contributed by atoms with Crippen LogP contribution in [0, 0.1) is 17.1 Å². The molecule has 0 unspecified atom stereocenters. The van der Waals surface area contributed by atoms with Crippen molar-refractivity contribution in [2.45, 2.75) is 6.54 Å². The van der Waals surface area contributed by atoms with Crippen molar-refractivity contribution in [1.29, 1.82) is 5.26 Å². The molecule has 1 N–H and O–H groups in total. The first-order valence-corrected chi connectivity index (χ1v) is 6.62. The third-order valence-electron chi connectivity index (χ3n) is 2.72. The van der Waals surface area contributed by atoms with Crippen molar-refractivity contribution in [3.8, 4) is 6.07 Å². The zero-order valence-corrected chi connectivity index (χ0v) is 11.9. The Morgan fingerprint density at radius 2 is 1.95 bits per heavy atom. The van der Waals surface area contributed by atoms with Gasteiger partial charge in [0.15, 0.2) is 0 Å². The third-order valence-corrected chi connectivity index (χ3v) is 3.36. The molecule has 0 heterocycles.